The second-order valence-electron chi connectivity index (χ2n) is 7.93. The summed E-state index contributed by atoms with van der Waals surface area (Å²) in [6.07, 6.45) is -17.4. The van der Waals surface area contributed by atoms with Crippen LogP contribution in [0.15, 0.2) is 18.2 Å². The van der Waals surface area contributed by atoms with Crippen molar-refractivity contribution in [1.82, 2.24) is 0 Å². The van der Waals surface area contributed by atoms with Crippen LogP contribution in [0, 0.1) is 5.92 Å². The Labute approximate surface area is 194 Å². The van der Waals surface area contributed by atoms with Crippen LogP contribution in [0.1, 0.15) is 36.6 Å². The molecule has 0 fully saturated rings. The number of hydrogen-bond acceptors (Lipinski definition) is 1. The van der Waals surface area contributed by atoms with Gasteiger partial charge in [-0.1, -0.05) is 26.0 Å². The molecule has 1 aromatic carbocycles. The summed E-state index contributed by atoms with van der Waals surface area (Å²) in [4.78, 5) is 0. The Morgan fingerprint density at radius 1 is 0.541 bits per heavy atom. The molecule has 0 heterocycles. The van der Waals surface area contributed by atoms with Gasteiger partial charge in [0.2, 0.25) is 0 Å². The van der Waals surface area contributed by atoms with Gasteiger partial charge in [-0.05, 0) is 17.5 Å². The van der Waals surface area contributed by atoms with Crippen molar-refractivity contribution in [2.24, 2.45) is 5.92 Å². The minimum absolute atomic E-state index is 0.430. The minimum atomic E-state index is -7.64. The Hall–Kier alpha value is -2.08. The number of alkyl halides is 18. The number of aliphatic hydroxyl groups excluding tert-OH is 1. The molecular weight excluding hydrogens is 574 g/mol. The summed E-state index contributed by atoms with van der Waals surface area (Å²) >= 11 is 0. The average molecular weight is 586 g/mol. The zero-order valence-corrected chi connectivity index (χ0v) is 17.6. The lowest BCUT2D eigenvalue weighted by molar-refractivity contribution is -0.400. The summed E-state index contributed by atoms with van der Waals surface area (Å²) in [5.74, 6) is -45.7. The summed E-state index contributed by atoms with van der Waals surface area (Å²) in [5, 5.41) is 9.87. The van der Waals surface area contributed by atoms with E-state index in [4.69, 9.17) is 0 Å². The molecule has 0 aliphatic carbocycles. The average Bonchev–Trinajstić information content (AvgIpc) is 2.70. The SMILES string of the molecule is CC(C)C(O)c1ccc(C(F)(F)C(F)(F)C(F)(F)C(F)(F)F)cc1C(F)(F)C(F)(F)C(F)(F)C(F)(F)F. The van der Waals surface area contributed by atoms with Gasteiger partial charge >= 0.3 is 47.9 Å². The maximum atomic E-state index is 14.5. The van der Waals surface area contributed by atoms with Crippen molar-refractivity contribution in [3.05, 3.63) is 34.9 Å². The molecule has 0 amide bonds. The Bertz CT molecular complexity index is 972. The number of hydrogen-bond donors (Lipinski definition) is 1. The Kier molecular flexibility index (Phi) is 8.01. The van der Waals surface area contributed by atoms with E-state index in [2.05, 4.69) is 0 Å². The lowest BCUT2D eigenvalue weighted by Crippen LogP contribution is -2.60. The lowest BCUT2D eigenvalue weighted by Gasteiger charge is -2.37. The predicted molar refractivity (Wildman–Crippen MR) is 85.9 cm³/mol. The van der Waals surface area contributed by atoms with E-state index >= 15 is 0 Å². The summed E-state index contributed by atoms with van der Waals surface area (Å²) < 4.78 is 240. The highest BCUT2D eigenvalue weighted by Crippen LogP contribution is 2.60. The Balaban J connectivity index is 4.07. The third-order valence-corrected chi connectivity index (χ3v) is 4.99. The molecule has 1 atom stereocenters. The van der Waals surface area contributed by atoms with Gasteiger partial charge in [0.25, 0.3) is 0 Å². The minimum Gasteiger partial charge on any atom is -0.388 e. The maximum Gasteiger partial charge on any atom is 0.460 e. The van der Waals surface area contributed by atoms with Gasteiger partial charge in [0, 0.05) is 11.1 Å². The summed E-state index contributed by atoms with van der Waals surface area (Å²) in [6.45, 7) is 1.74. The molecule has 19 heteroatoms. The van der Waals surface area contributed by atoms with Gasteiger partial charge in [-0.3, -0.25) is 0 Å². The van der Waals surface area contributed by atoms with Gasteiger partial charge in [0.15, 0.2) is 0 Å². The van der Waals surface area contributed by atoms with Crippen molar-refractivity contribution >= 4 is 0 Å². The van der Waals surface area contributed by atoms with Crippen LogP contribution in [0.5, 0.6) is 0 Å². The second kappa shape index (κ2) is 9.00. The molecule has 0 aliphatic heterocycles. The van der Waals surface area contributed by atoms with Crippen LogP contribution < -0.4 is 0 Å². The fourth-order valence-electron chi connectivity index (χ4n) is 2.74. The smallest absolute Gasteiger partial charge is 0.388 e. The Morgan fingerprint density at radius 3 is 1.22 bits per heavy atom. The highest BCUT2D eigenvalue weighted by molar-refractivity contribution is 5.41. The molecular formula is C18H12F18O. The Morgan fingerprint density at radius 2 is 0.892 bits per heavy atom. The van der Waals surface area contributed by atoms with Crippen LogP contribution in [-0.2, 0) is 11.8 Å². The summed E-state index contributed by atoms with van der Waals surface area (Å²) in [7, 11) is 0. The predicted octanol–water partition coefficient (Wildman–Crippen LogP) is 8.23. The molecule has 1 rings (SSSR count). The first kappa shape index (κ1) is 32.9. The fourth-order valence-corrected chi connectivity index (χ4v) is 2.74. The third-order valence-electron chi connectivity index (χ3n) is 4.99. The number of benzene rings is 1. The molecule has 0 radical (unpaired) electrons. The number of aliphatic hydroxyl groups is 1. The van der Waals surface area contributed by atoms with Gasteiger partial charge < -0.3 is 5.11 Å². The van der Waals surface area contributed by atoms with Crippen LogP contribution in [-0.4, -0.2) is 41.1 Å². The normalized spacial score (nSPS) is 16.4. The molecule has 37 heavy (non-hydrogen) atoms. The van der Waals surface area contributed by atoms with E-state index in [9.17, 15) is 84.1 Å². The van der Waals surface area contributed by atoms with Gasteiger partial charge in [-0.25, -0.2) is 0 Å². The van der Waals surface area contributed by atoms with Crippen LogP contribution in [0.25, 0.3) is 0 Å². The topological polar surface area (TPSA) is 20.2 Å². The van der Waals surface area contributed by atoms with Crippen molar-refractivity contribution in [1.29, 1.82) is 0 Å². The first-order chi connectivity index (χ1) is 15.9. The van der Waals surface area contributed by atoms with E-state index in [0.29, 0.717) is 0 Å². The van der Waals surface area contributed by atoms with E-state index < -0.39 is 94.8 Å². The molecule has 0 saturated heterocycles. The monoisotopic (exact) mass is 586 g/mol. The quantitative estimate of drug-likeness (QED) is 0.305. The molecule has 1 nitrogen and oxygen atoms in total. The van der Waals surface area contributed by atoms with E-state index in [0.717, 1.165) is 13.8 Å². The number of rotatable bonds is 8. The van der Waals surface area contributed by atoms with Crippen molar-refractivity contribution in [2.45, 2.75) is 67.8 Å². The first-order valence-corrected chi connectivity index (χ1v) is 9.17. The van der Waals surface area contributed by atoms with Crippen LogP contribution in [0.2, 0.25) is 0 Å². The first-order valence-electron chi connectivity index (χ1n) is 9.17. The van der Waals surface area contributed by atoms with E-state index in [1.54, 1.807) is 0 Å². The van der Waals surface area contributed by atoms with Gasteiger partial charge in [0.05, 0.1) is 6.10 Å². The second-order valence-corrected chi connectivity index (χ2v) is 7.93. The zero-order valence-electron chi connectivity index (χ0n) is 17.6. The van der Waals surface area contributed by atoms with E-state index in [1.807, 2.05) is 0 Å². The molecule has 0 saturated carbocycles. The van der Waals surface area contributed by atoms with Gasteiger partial charge in [0.1, 0.15) is 0 Å². The molecule has 0 spiro atoms. The summed E-state index contributed by atoms with van der Waals surface area (Å²) in [6, 6.07) is -2.43. The number of halogens is 18. The summed E-state index contributed by atoms with van der Waals surface area (Å²) in [5.41, 5.74) is -7.98. The van der Waals surface area contributed by atoms with Crippen LogP contribution in [0.4, 0.5) is 79.0 Å². The van der Waals surface area contributed by atoms with Crippen LogP contribution >= 0.6 is 0 Å². The molecule has 1 aromatic rings. The van der Waals surface area contributed by atoms with Crippen molar-refractivity contribution in [3.63, 3.8) is 0 Å². The fraction of sp³-hybridized carbons (Fsp3) is 0.667. The zero-order chi connectivity index (χ0) is 30.0. The van der Waals surface area contributed by atoms with Gasteiger partial charge in [-0.2, -0.15) is 79.0 Å². The standard InChI is InChI=1S/C18H12F18O/c1-6(2)10(37)8-4-3-7(11(19,20)13(23,24)15(27,28)17(31,32)33)5-9(8)12(21,22)14(25,26)16(29,30)18(34,35)36/h3-6,10,37H,1-2H3. The van der Waals surface area contributed by atoms with Crippen LogP contribution in [0.3, 0.4) is 0 Å². The van der Waals surface area contributed by atoms with Crippen molar-refractivity contribution in [2.75, 3.05) is 0 Å². The molecule has 0 aliphatic rings. The van der Waals surface area contributed by atoms with Gasteiger partial charge in [-0.15, -0.1) is 0 Å². The molecule has 216 valence electrons. The highest BCUT2D eigenvalue weighted by Gasteiger charge is 2.84. The highest BCUT2D eigenvalue weighted by atomic mass is 19.4. The molecule has 0 bridgehead atoms. The van der Waals surface area contributed by atoms with Crippen molar-refractivity contribution < 1.29 is 84.1 Å². The van der Waals surface area contributed by atoms with Crippen molar-refractivity contribution in [3.8, 4) is 0 Å². The maximum absolute atomic E-state index is 14.5. The van der Waals surface area contributed by atoms with E-state index in [1.165, 1.54) is 0 Å². The molecule has 1 N–H and O–H groups in total. The molecule has 1 unspecified atom stereocenters. The third kappa shape index (κ3) is 4.79. The van der Waals surface area contributed by atoms with E-state index in [-0.39, 0.29) is 0 Å². The lowest BCUT2D eigenvalue weighted by atomic mass is 9.85. The largest absolute Gasteiger partial charge is 0.460 e. The molecule has 0 aromatic heterocycles.